The number of nitrogens with zero attached hydrogens (tertiary/aromatic N) is 2. The number of Topliss-reactive ketones (excluding diaryl/α,β-unsaturated/α-hetero) is 1. The van der Waals surface area contributed by atoms with Crippen LogP contribution in [0.3, 0.4) is 0 Å². The Labute approximate surface area is 241 Å². The highest BCUT2D eigenvalue weighted by atomic mass is 19.1. The summed E-state index contributed by atoms with van der Waals surface area (Å²) < 4.78 is 16.3. The van der Waals surface area contributed by atoms with E-state index in [4.69, 9.17) is 4.98 Å². The van der Waals surface area contributed by atoms with E-state index < -0.39 is 5.54 Å². The third-order valence-corrected chi connectivity index (χ3v) is 7.66. The van der Waals surface area contributed by atoms with Gasteiger partial charge >= 0.3 is 0 Å². The van der Waals surface area contributed by atoms with E-state index in [2.05, 4.69) is 52.1 Å². The van der Waals surface area contributed by atoms with Crippen LogP contribution in [0.5, 0.6) is 0 Å². The topological polar surface area (TPSA) is 46.9 Å². The van der Waals surface area contributed by atoms with Crippen molar-refractivity contribution in [2.45, 2.75) is 105 Å². The molecule has 1 aliphatic heterocycles. The summed E-state index contributed by atoms with van der Waals surface area (Å²) in [7, 11) is 0. The number of aromatic nitrogens is 2. The van der Waals surface area contributed by atoms with Gasteiger partial charge in [-0.15, -0.1) is 0 Å². The molecule has 3 aromatic rings. The number of fused-ring (bicyclic) bond motifs is 1. The van der Waals surface area contributed by atoms with Gasteiger partial charge < -0.3 is 5.32 Å². The average molecular weight is 546 g/mol. The first-order valence-electron chi connectivity index (χ1n) is 15.1. The molecular formula is C35H48FN3O. The molecule has 40 heavy (non-hydrogen) atoms. The second kappa shape index (κ2) is 14.4. The number of hydrogen-bond donors (Lipinski definition) is 1. The minimum atomic E-state index is -0.445. The number of aryl methyl sites for hydroxylation is 2. The molecule has 0 bridgehead atoms. The largest absolute Gasteiger partial charge is 0.377 e. The Morgan fingerprint density at radius 1 is 1.00 bits per heavy atom. The Hall–Kier alpha value is -3.21. The summed E-state index contributed by atoms with van der Waals surface area (Å²) in [5.41, 5.74) is 4.88. The number of benzene rings is 2. The van der Waals surface area contributed by atoms with E-state index in [0.717, 1.165) is 59.5 Å². The van der Waals surface area contributed by atoms with Crippen LogP contribution >= 0.6 is 0 Å². The molecule has 1 aromatic heterocycles. The Kier molecular flexibility index (Phi) is 11.3. The summed E-state index contributed by atoms with van der Waals surface area (Å²) in [5, 5.41) is 3.50. The zero-order chi connectivity index (χ0) is 29.3. The predicted molar refractivity (Wildman–Crippen MR) is 166 cm³/mol. The fourth-order valence-electron chi connectivity index (χ4n) is 5.51. The van der Waals surface area contributed by atoms with E-state index in [1.54, 1.807) is 19.1 Å². The zero-order valence-corrected chi connectivity index (χ0v) is 25.6. The van der Waals surface area contributed by atoms with Crippen LogP contribution < -0.4 is 5.32 Å². The molecule has 4 rings (SSSR count). The van der Waals surface area contributed by atoms with E-state index in [0.29, 0.717) is 12.0 Å². The van der Waals surface area contributed by atoms with Gasteiger partial charge in [0, 0.05) is 35.9 Å². The van der Waals surface area contributed by atoms with Crippen LogP contribution in [0.2, 0.25) is 0 Å². The minimum Gasteiger partial charge on any atom is -0.377 e. The predicted octanol–water partition coefficient (Wildman–Crippen LogP) is 9.39. The van der Waals surface area contributed by atoms with Crippen molar-refractivity contribution in [3.05, 3.63) is 82.7 Å². The zero-order valence-electron chi connectivity index (χ0n) is 25.6. The lowest BCUT2D eigenvalue weighted by Crippen LogP contribution is -2.42. The molecule has 5 heteroatoms. The van der Waals surface area contributed by atoms with Gasteiger partial charge in [0.05, 0.1) is 17.4 Å². The third kappa shape index (κ3) is 7.30. The molecule has 1 N–H and O–H groups in total. The van der Waals surface area contributed by atoms with Gasteiger partial charge in [0.25, 0.3) is 0 Å². The molecule has 0 radical (unpaired) electrons. The van der Waals surface area contributed by atoms with Gasteiger partial charge in [-0.2, -0.15) is 0 Å². The Morgan fingerprint density at radius 2 is 1.75 bits per heavy atom. The molecule has 216 valence electrons. The molecule has 0 saturated heterocycles. The SMILES string of the molecule is CCC.CCCCCC(CCC)C(=O)c1ccc(CC2(C)NC=Cn3c(-c4ccc(C)c(F)c4)cnc32)cc1C. The molecular weight excluding hydrogens is 497 g/mol. The highest BCUT2D eigenvalue weighted by Gasteiger charge is 2.34. The summed E-state index contributed by atoms with van der Waals surface area (Å²) in [6.45, 7) is 14.6. The van der Waals surface area contributed by atoms with Gasteiger partial charge in [0.2, 0.25) is 0 Å². The lowest BCUT2D eigenvalue weighted by atomic mass is 9.85. The summed E-state index contributed by atoms with van der Waals surface area (Å²) in [5.74, 6) is 1.06. The lowest BCUT2D eigenvalue weighted by molar-refractivity contribution is 0.0902. The van der Waals surface area contributed by atoms with E-state index in [-0.39, 0.29) is 17.5 Å². The number of carbonyl (C=O) groups excluding carboxylic acids is 1. The van der Waals surface area contributed by atoms with Gasteiger partial charge in [-0.05, 0) is 56.4 Å². The Bertz CT molecular complexity index is 1310. The van der Waals surface area contributed by atoms with Crippen molar-refractivity contribution in [1.29, 1.82) is 0 Å². The summed E-state index contributed by atoms with van der Waals surface area (Å²) >= 11 is 0. The first kappa shape index (κ1) is 31.3. The summed E-state index contributed by atoms with van der Waals surface area (Å²) in [6.07, 6.45) is 14.1. The summed E-state index contributed by atoms with van der Waals surface area (Å²) in [4.78, 5) is 18.2. The quantitative estimate of drug-likeness (QED) is 0.193. The monoisotopic (exact) mass is 545 g/mol. The van der Waals surface area contributed by atoms with Gasteiger partial charge in [-0.1, -0.05) is 90.1 Å². The lowest BCUT2D eigenvalue weighted by Gasteiger charge is -2.33. The van der Waals surface area contributed by atoms with Gasteiger partial charge in [-0.25, -0.2) is 9.37 Å². The minimum absolute atomic E-state index is 0.112. The van der Waals surface area contributed by atoms with Gasteiger partial charge in [0.15, 0.2) is 5.78 Å². The fourth-order valence-corrected chi connectivity index (χ4v) is 5.51. The Balaban J connectivity index is 0.00000141. The van der Waals surface area contributed by atoms with Crippen molar-refractivity contribution < 1.29 is 9.18 Å². The maximum absolute atomic E-state index is 14.3. The second-order valence-electron chi connectivity index (χ2n) is 11.5. The number of nitrogens with one attached hydrogen (secondary N) is 1. The molecule has 0 spiro atoms. The first-order valence-corrected chi connectivity index (χ1v) is 15.1. The van der Waals surface area contributed by atoms with E-state index in [1.165, 1.54) is 19.3 Å². The molecule has 1 aliphatic rings. The van der Waals surface area contributed by atoms with Crippen molar-refractivity contribution in [2.75, 3.05) is 0 Å². The van der Waals surface area contributed by atoms with E-state index in [9.17, 15) is 9.18 Å². The van der Waals surface area contributed by atoms with Crippen LogP contribution in [-0.4, -0.2) is 15.3 Å². The van der Waals surface area contributed by atoms with Crippen LogP contribution in [0.15, 0.2) is 48.8 Å². The normalized spacial score (nSPS) is 16.5. The molecule has 4 nitrogen and oxygen atoms in total. The molecule has 0 fully saturated rings. The van der Waals surface area contributed by atoms with Crippen LogP contribution in [-0.2, 0) is 12.0 Å². The maximum atomic E-state index is 14.3. The fraction of sp³-hybridized carbons (Fsp3) is 0.486. The number of hydrogen-bond acceptors (Lipinski definition) is 3. The van der Waals surface area contributed by atoms with E-state index in [1.807, 2.05) is 42.2 Å². The molecule has 2 aromatic carbocycles. The highest BCUT2D eigenvalue weighted by molar-refractivity contribution is 5.99. The smallest absolute Gasteiger partial charge is 0.166 e. The van der Waals surface area contributed by atoms with Gasteiger partial charge in [-0.3, -0.25) is 9.36 Å². The molecule has 0 aliphatic carbocycles. The molecule has 2 unspecified atom stereocenters. The number of ketones is 1. The third-order valence-electron chi connectivity index (χ3n) is 7.66. The number of carbonyl (C=O) groups is 1. The van der Waals surface area contributed by atoms with Gasteiger partial charge in [0.1, 0.15) is 11.6 Å². The Morgan fingerprint density at radius 3 is 2.40 bits per heavy atom. The molecule has 2 heterocycles. The van der Waals surface area contributed by atoms with Crippen molar-refractivity contribution >= 4 is 12.0 Å². The van der Waals surface area contributed by atoms with Crippen molar-refractivity contribution in [3.63, 3.8) is 0 Å². The maximum Gasteiger partial charge on any atom is 0.166 e. The van der Waals surface area contributed by atoms with Crippen LogP contribution in [0.1, 0.15) is 112 Å². The van der Waals surface area contributed by atoms with Crippen LogP contribution in [0.25, 0.3) is 17.5 Å². The van der Waals surface area contributed by atoms with Crippen LogP contribution in [0.4, 0.5) is 4.39 Å². The van der Waals surface area contributed by atoms with Crippen molar-refractivity contribution in [2.24, 2.45) is 5.92 Å². The number of rotatable bonds is 11. The van der Waals surface area contributed by atoms with Crippen molar-refractivity contribution in [3.8, 4) is 11.3 Å². The average Bonchev–Trinajstić information content (AvgIpc) is 3.36. The van der Waals surface area contributed by atoms with Crippen LogP contribution in [0, 0.1) is 25.6 Å². The van der Waals surface area contributed by atoms with Crippen molar-refractivity contribution in [1.82, 2.24) is 14.9 Å². The highest BCUT2D eigenvalue weighted by Crippen LogP contribution is 2.33. The van der Waals surface area contributed by atoms with E-state index >= 15 is 0 Å². The standard InChI is InChI=1S/C32H40FN3O.C3H8/c1-6-8-9-11-25(10-7-2)30(37)27-15-13-24(18-23(27)4)20-32(5)31-34-21-29(36(31)17-16-35-32)26-14-12-22(3)28(33)19-26;1-3-2/h12-19,21,25,35H,6-11,20H2,1-5H3;3H2,1-2H3. The second-order valence-corrected chi connectivity index (χ2v) is 11.5. The summed E-state index contributed by atoms with van der Waals surface area (Å²) in [6, 6.07) is 11.6. The molecule has 0 saturated carbocycles. The first-order chi connectivity index (χ1) is 19.2. The molecule has 2 atom stereocenters. The number of imidazole rings is 1. The number of halogens is 1. The number of unbranched alkanes of at least 4 members (excludes halogenated alkanes) is 2. The molecule has 0 amide bonds.